The second-order valence-corrected chi connectivity index (χ2v) is 8.84. The monoisotopic (exact) mass is 398 g/mol. The first-order valence-electron chi connectivity index (χ1n) is 10.2. The molecule has 0 bridgehead atoms. The van der Waals surface area contributed by atoms with Crippen molar-refractivity contribution in [2.24, 2.45) is 5.92 Å². The highest BCUT2D eigenvalue weighted by atomic mass is 16.6. The van der Waals surface area contributed by atoms with Gasteiger partial charge in [-0.05, 0) is 45.1 Å². The van der Waals surface area contributed by atoms with Crippen LogP contribution in [0.15, 0.2) is 30.3 Å². The van der Waals surface area contributed by atoms with E-state index in [-0.39, 0.29) is 25.0 Å². The number of hydrogen-bond donors (Lipinski definition) is 1. The topological polar surface area (TPSA) is 85.7 Å². The fourth-order valence-corrected chi connectivity index (χ4v) is 3.59. The average molecular weight is 399 g/mol. The highest BCUT2D eigenvalue weighted by molar-refractivity contribution is 5.79. The molecule has 7 nitrogen and oxygen atoms in total. The molecule has 1 aromatic carbocycles. The molecule has 1 saturated heterocycles. The predicted molar refractivity (Wildman–Crippen MR) is 109 cm³/mol. The van der Waals surface area contributed by atoms with Crippen molar-refractivity contribution >= 4 is 12.0 Å². The first kappa shape index (κ1) is 21.1. The standard InChI is InChI=1S/C22H30N4O3/c1-22(2,3)29-21(28)26-12-11-25(18(13-23)14-26)15-19(27)24-20(17-9-10-17)16-7-5-4-6-8-16/h4-8,17-18,20H,9-12,14-15H2,1-3H3,(H,24,27). The van der Waals surface area contributed by atoms with Crippen molar-refractivity contribution in [3.05, 3.63) is 35.9 Å². The maximum absolute atomic E-state index is 12.7. The lowest BCUT2D eigenvalue weighted by atomic mass is 10.0. The van der Waals surface area contributed by atoms with E-state index in [1.54, 1.807) is 4.90 Å². The molecule has 1 aromatic rings. The summed E-state index contributed by atoms with van der Waals surface area (Å²) in [5, 5.41) is 12.7. The number of benzene rings is 1. The van der Waals surface area contributed by atoms with Gasteiger partial charge in [-0.1, -0.05) is 30.3 Å². The summed E-state index contributed by atoms with van der Waals surface area (Å²) in [6.07, 6.45) is 1.82. The largest absolute Gasteiger partial charge is 0.444 e. The molecule has 0 aromatic heterocycles. The van der Waals surface area contributed by atoms with Gasteiger partial charge >= 0.3 is 6.09 Å². The maximum Gasteiger partial charge on any atom is 0.410 e. The minimum absolute atomic E-state index is 0.0206. The zero-order valence-electron chi connectivity index (χ0n) is 17.4. The molecule has 2 amide bonds. The highest BCUT2D eigenvalue weighted by Gasteiger charge is 2.36. The van der Waals surface area contributed by atoms with E-state index in [9.17, 15) is 14.9 Å². The van der Waals surface area contributed by atoms with E-state index in [0.717, 1.165) is 18.4 Å². The SMILES string of the molecule is CC(C)(C)OC(=O)N1CCN(CC(=O)NC(c2ccccc2)C2CC2)C(C#N)C1. The minimum atomic E-state index is -0.578. The number of amides is 2. The van der Waals surface area contributed by atoms with Gasteiger partial charge in [0.1, 0.15) is 11.6 Å². The van der Waals surface area contributed by atoms with Gasteiger partial charge in [0.25, 0.3) is 0 Å². The molecule has 156 valence electrons. The molecule has 29 heavy (non-hydrogen) atoms. The van der Waals surface area contributed by atoms with Crippen molar-refractivity contribution in [1.82, 2.24) is 15.1 Å². The smallest absolute Gasteiger partial charge is 0.410 e. The van der Waals surface area contributed by atoms with Gasteiger partial charge in [0.05, 0.1) is 25.2 Å². The Morgan fingerprint density at radius 2 is 1.93 bits per heavy atom. The summed E-state index contributed by atoms with van der Waals surface area (Å²) < 4.78 is 5.40. The van der Waals surface area contributed by atoms with Gasteiger partial charge < -0.3 is 15.0 Å². The number of nitrogens with one attached hydrogen (secondary N) is 1. The Hall–Kier alpha value is -2.59. The zero-order chi connectivity index (χ0) is 21.0. The van der Waals surface area contributed by atoms with E-state index >= 15 is 0 Å². The molecule has 1 saturated carbocycles. The average Bonchev–Trinajstić information content (AvgIpc) is 3.51. The van der Waals surface area contributed by atoms with Crippen LogP contribution < -0.4 is 5.32 Å². The third-order valence-corrected chi connectivity index (χ3v) is 5.21. The number of nitrogens with zero attached hydrogens (tertiary/aromatic N) is 3. The number of ether oxygens (including phenoxy) is 1. The van der Waals surface area contributed by atoms with Crippen LogP contribution in [0.4, 0.5) is 4.79 Å². The van der Waals surface area contributed by atoms with Crippen LogP contribution in [0.5, 0.6) is 0 Å². The van der Waals surface area contributed by atoms with Gasteiger partial charge in [0.15, 0.2) is 0 Å². The molecule has 1 heterocycles. The van der Waals surface area contributed by atoms with Crippen molar-refractivity contribution < 1.29 is 14.3 Å². The first-order valence-corrected chi connectivity index (χ1v) is 10.2. The van der Waals surface area contributed by atoms with Crippen molar-refractivity contribution in [1.29, 1.82) is 5.26 Å². The number of carbonyl (C=O) groups excluding carboxylic acids is 2. The lowest BCUT2D eigenvalue weighted by Gasteiger charge is -2.38. The van der Waals surface area contributed by atoms with Crippen LogP contribution >= 0.6 is 0 Å². The number of carbonyl (C=O) groups is 2. The van der Waals surface area contributed by atoms with Gasteiger partial charge in [0.2, 0.25) is 5.91 Å². The maximum atomic E-state index is 12.7. The predicted octanol–water partition coefficient (Wildman–Crippen LogP) is 2.70. The summed E-state index contributed by atoms with van der Waals surface area (Å²) in [6, 6.07) is 11.7. The van der Waals surface area contributed by atoms with Crippen LogP contribution in [0.1, 0.15) is 45.2 Å². The van der Waals surface area contributed by atoms with Crippen LogP contribution in [0.3, 0.4) is 0 Å². The molecular formula is C22H30N4O3. The number of rotatable bonds is 5. The van der Waals surface area contributed by atoms with Gasteiger partial charge in [0, 0.05) is 13.1 Å². The lowest BCUT2D eigenvalue weighted by molar-refractivity contribution is -0.124. The van der Waals surface area contributed by atoms with Gasteiger partial charge in [-0.2, -0.15) is 5.26 Å². The quantitative estimate of drug-likeness (QED) is 0.824. The summed E-state index contributed by atoms with van der Waals surface area (Å²) in [5.74, 6) is 0.397. The van der Waals surface area contributed by atoms with Crippen molar-refractivity contribution in [2.45, 2.75) is 51.3 Å². The summed E-state index contributed by atoms with van der Waals surface area (Å²) in [5.41, 5.74) is 0.542. The highest BCUT2D eigenvalue weighted by Crippen LogP contribution is 2.40. The van der Waals surface area contributed by atoms with Gasteiger partial charge in [-0.25, -0.2) is 4.79 Å². The summed E-state index contributed by atoms with van der Waals surface area (Å²) in [4.78, 5) is 28.4. The first-order chi connectivity index (χ1) is 13.8. The Bertz CT molecular complexity index is 765. The van der Waals surface area contributed by atoms with Crippen molar-refractivity contribution in [2.75, 3.05) is 26.2 Å². The number of hydrogen-bond acceptors (Lipinski definition) is 5. The molecule has 0 radical (unpaired) electrons. The molecule has 2 atom stereocenters. The van der Waals surface area contributed by atoms with Gasteiger partial charge in [-0.15, -0.1) is 0 Å². The van der Waals surface area contributed by atoms with Crippen LogP contribution in [0.2, 0.25) is 0 Å². The van der Waals surface area contributed by atoms with E-state index in [4.69, 9.17) is 4.74 Å². The van der Waals surface area contributed by atoms with E-state index in [1.807, 2.05) is 56.0 Å². The molecule has 7 heteroatoms. The third kappa shape index (κ3) is 5.94. The zero-order valence-corrected chi connectivity index (χ0v) is 17.4. The molecule has 2 fully saturated rings. The molecule has 0 spiro atoms. The van der Waals surface area contributed by atoms with Crippen LogP contribution in [0.25, 0.3) is 0 Å². The van der Waals surface area contributed by atoms with E-state index in [0.29, 0.717) is 19.0 Å². The Morgan fingerprint density at radius 3 is 2.52 bits per heavy atom. The third-order valence-electron chi connectivity index (χ3n) is 5.21. The summed E-state index contributed by atoms with van der Waals surface area (Å²) in [7, 11) is 0. The Kier molecular flexibility index (Phi) is 6.43. The minimum Gasteiger partial charge on any atom is -0.444 e. The summed E-state index contributed by atoms with van der Waals surface area (Å²) in [6.45, 7) is 6.73. The number of piperazine rings is 1. The normalized spacial score (nSPS) is 21.2. The van der Waals surface area contributed by atoms with Crippen LogP contribution in [-0.4, -0.2) is 59.6 Å². The summed E-state index contributed by atoms with van der Waals surface area (Å²) >= 11 is 0. The molecule has 1 aliphatic heterocycles. The second-order valence-electron chi connectivity index (χ2n) is 8.84. The molecule has 1 N–H and O–H groups in total. The van der Waals surface area contributed by atoms with Crippen molar-refractivity contribution in [3.8, 4) is 6.07 Å². The fraction of sp³-hybridized carbons (Fsp3) is 0.591. The Labute approximate surface area is 172 Å². The molecule has 3 rings (SSSR count). The van der Waals surface area contributed by atoms with E-state index in [1.165, 1.54) is 0 Å². The second kappa shape index (κ2) is 8.83. The van der Waals surface area contributed by atoms with Crippen molar-refractivity contribution in [3.63, 3.8) is 0 Å². The van der Waals surface area contributed by atoms with E-state index in [2.05, 4.69) is 11.4 Å². The fourth-order valence-electron chi connectivity index (χ4n) is 3.59. The lowest BCUT2D eigenvalue weighted by Crippen LogP contribution is -2.57. The van der Waals surface area contributed by atoms with Crippen LogP contribution in [-0.2, 0) is 9.53 Å². The van der Waals surface area contributed by atoms with Crippen LogP contribution in [0, 0.1) is 17.2 Å². The van der Waals surface area contributed by atoms with E-state index < -0.39 is 17.7 Å². The molecular weight excluding hydrogens is 368 g/mol. The number of nitriles is 1. The Morgan fingerprint density at radius 1 is 1.24 bits per heavy atom. The van der Waals surface area contributed by atoms with Gasteiger partial charge in [-0.3, -0.25) is 9.69 Å². The Balaban J connectivity index is 1.56. The molecule has 1 aliphatic carbocycles. The molecule has 2 aliphatic rings. The molecule has 2 unspecified atom stereocenters.